The number of halogens is 1. The van der Waals surface area contributed by atoms with Gasteiger partial charge in [0.1, 0.15) is 5.75 Å². The molecule has 5 rings (SSSR count). The van der Waals surface area contributed by atoms with Gasteiger partial charge in [-0.3, -0.25) is 19.8 Å². The molecule has 2 saturated heterocycles. The molecule has 2 aromatic carbocycles. The maximum Gasteiger partial charge on any atom is 0.256 e. The molecule has 0 radical (unpaired) electrons. The average molecular weight is 414 g/mol. The Balaban J connectivity index is 1.73. The van der Waals surface area contributed by atoms with Gasteiger partial charge in [0.2, 0.25) is 0 Å². The molecular formula is C21H20ClN3O4. The van der Waals surface area contributed by atoms with E-state index in [1.165, 1.54) is 7.11 Å². The van der Waals surface area contributed by atoms with E-state index >= 15 is 0 Å². The second kappa shape index (κ2) is 6.43. The number of hydrogen-bond acceptors (Lipinski definition) is 5. The largest absolute Gasteiger partial charge is 0.495 e. The lowest BCUT2D eigenvalue weighted by atomic mass is 9.77. The minimum atomic E-state index is -1.31. The van der Waals surface area contributed by atoms with Crippen molar-refractivity contribution in [3.8, 4) is 5.75 Å². The van der Waals surface area contributed by atoms with E-state index in [0.717, 1.165) is 18.4 Å². The minimum absolute atomic E-state index is 0.105. The van der Waals surface area contributed by atoms with Gasteiger partial charge in [-0.1, -0.05) is 35.9 Å². The number of fused-ring (bicyclic) bond motifs is 4. The molecule has 1 spiro atoms. The maximum atomic E-state index is 13.4. The molecule has 0 saturated carbocycles. The zero-order chi connectivity index (χ0) is 20.3. The molecule has 150 valence electrons. The monoisotopic (exact) mass is 413 g/mol. The Labute approximate surface area is 172 Å². The third-order valence-electron chi connectivity index (χ3n) is 6.65. The van der Waals surface area contributed by atoms with Crippen LogP contribution in [0.5, 0.6) is 5.75 Å². The van der Waals surface area contributed by atoms with Gasteiger partial charge in [0, 0.05) is 28.8 Å². The molecule has 0 aliphatic carbocycles. The lowest BCUT2D eigenvalue weighted by Crippen LogP contribution is -2.55. The molecule has 1 amide bonds. The third kappa shape index (κ3) is 2.31. The summed E-state index contributed by atoms with van der Waals surface area (Å²) in [5.41, 5.74) is 0.811. The van der Waals surface area contributed by atoms with Crippen molar-refractivity contribution in [3.05, 3.63) is 68.7 Å². The zero-order valence-corrected chi connectivity index (χ0v) is 16.6. The van der Waals surface area contributed by atoms with Crippen LogP contribution in [0.3, 0.4) is 0 Å². The Bertz CT molecular complexity index is 1030. The number of rotatable bonds is 3. The molecular weight excluding hydrogens is 394 g/mol. The number of hydrogen-bond donors (Lipinski definition) is 1. The van der Waals surface area contributed by atoms with E-state index in [1.54, 1.807) is 12.1 Å². The first kappa shape index (κ1) is 18.4. The summed E-state index contributed by atoms with van der Waals surface area (Å²) in [6, 6.07) is 11.4. The van der Waals surface area contributed by atoms with Crippen LogP contribution >= 0.6 is 11.6 Å². The van der Waals surface area contributed by atoms with E-state index < -0.39 is 17.5 Å². The molecule has 8 heteroatoms. The lowest BCUT2D eigenvalue weighted by molar-refractivity contribution is -0.534. The summed E-state index contributed by atoms with van der Waals surface area (Å²) in [5.74, 6) is -0.241. The van der Waals surface area contributed by atoms with Crippen molar-refractivity contribution in [1.29, 1.82) is 0 Å². The Morgan fingerprint density at radius 2 is 2.10 bits per heavy atom. The predicted octanol–water partition coefficient (Wildman–Crippen LogP) is 3.40. The Hall–Kier alpha value is -2.64. The van der Waals surface area contributed by atoms with Crippen molar-refractivity contribution in [1.82, 2.24) is 4.90 Å². The highest BCUT2D eigenvalue weighted by Crippen LogP contribution is 2.58. The molecule has 0 aromatic heterocycles. The summed E-state index contributed by atoms with van der Waals surface area (Å²) in [7, 11) is 1.53. The van der Waals surface area contributed by atoms with Crippen molar-refractivity contribution < 1.29 is 14.5 Å². The number of methoxy groups -OCH3 is 1. The van der Waals surface area contributed by atoms with Crippen molar-refractivity contribution in [2.24, 2.45) is 0 Å². The Morgan fingerprint density at radius 1 is 1.31 bits per heavy atom. The third-order valence-corrected chi connectivity index (χ3v) is 6.95. The molecule has 3 heterocycles. The fourth-order valence-corrected chi connectivity index (χ4v) is 5.93. The lowest BCUT2D eigenvalue weighted by Gasteiger charge is -2.32. The number of anilines is 1. The van der Waals surface area contributed by atoms with Crippen LogP contribution in [0.1, 0.15) is 29.9 Å². The molecule has 2 fully saturated rings. The van der Waals surface area contributed by atoms with Crippen LogP contribution in [-0.2, 0) is 10.3 Å². The summed E-state index contributed by atoms with van der Waals surface area (Å²) < 4.78 is 5.24. The Kier molecular flexibility index (Phi) is 4.08. The van der Waals surface area contributed by atoms with Crippen LogP contribution in [0.25, 0.3) is 0 Å². The summed E-state index contributed by atoms with van der Waals surface area (Å²) >= 11 is 6.35. The van der Waals surface area contributed by atoms with E-state index in [1.807, 2.05) is 30.3 Å². The number of para-hydroxylation sites is 1. The van der Waals surface area contributed by atoms with Crippen LogP contribution in [0.2, 0.25) is 5.02 Å². The second-order valence-corrected chi connectivity index (χ2v) is 8.23. The number of amides is 1. The standard InChI is InChI=1S/C21H20ClN3O4/c1-29-17-9-8-12(11-14(17)22)18-16-7-4-10-24(16)21(19(18)25(27)28)13-5-2-3-6-15(13)23-20(21)26/h2-3,5-6,8-9,11,16,18-19H,4,7,10H2,1H3,(H,23,26)/t16-,18+,19-,21-/m0/s1. The minimum Gasteiger partial charge on any atom is -0.495 e. The van der Waals surface area contributed by atoms with Gasteiger partial charge >= 0.3 is 0 Å². The highest BCUT2D eigenvalue weighted by atomic mass is 35.5. The van der Waals surface area contributed by atoms with Crippen LogP contribution in [0, 0.1) is 10.1 Å². The predicted molar refractivity (Wildman–Crippen MR) is 108 cm³/mol. The fourth-order valence-electron chi connectivity index (χ4n) is 5.67. The number of nitro groups is 1. The molecule has 4 atom stereocenters. The first-order chi connectivity index (χ1) is 14.0. The van der Waals surface area contributed by atoms with Crippen molar-refractivity contribution in [2.45, 2.75) is 36.4 Å². The summed E-state index contributed by atoms with van der Waals surface area (Å²) in [6.07, 6.45) is 1.70. The molecule has 29 heavy (non-hydrogen) atoms. The first-order valence-corrected chi connectivity index (χ1v) is 10.0. The fraction of sp³-hybridized carbons (Fsp3) is 0.381. The smallest absolute Gasteiger partial charge is 0.256 e. The SMILES string of the molecule is COc1ccc([C@H]2[C@H]([N+](=O)[O-])[C@@]3(C(=O)Nc4ccccc43)N3CCC[C@@H]23)cc1Cl. The van der Waals surface area contributed by atoms with E-state index in [9.17, 15) is 14.9 Å². The Morgan fingerprint density at radius 3 is 2.83 bits per heavy atom. The van der Waals surface area contributed by atoms with E-state index in [2.05, 4.69) is 10.2 Å². The number of nitrogens with one attached hydrogen (secondary N) is 1. The van der Waals surface area contributed by atoms with Gasteiger partial charge in [-0.05, 0) is 36.6 Å². The number of benzene rings is 2. The average Bonchev–Trinajstić information content (AvgIpc) is 3.35. The molecule has 7 nitrogen and oxygen atoms in total. The second-order valence-electron chi connectivity index (χ2n) is 7.82. The van der Waals surface area contributed by atoms with Crippen LogP contribution in [-0.4, -0.2) is 41.5 Å². The number of ether oxygens (including phenoxy) is 1. The van der Waals surface area contributed by atoms with Crippen LogP contribution in [0.15, 0.2) is 42.5 Å². The first-order valence-electron chi connectivity index (χ1n) is 9.64. The van der Waals surface area contributed by atoms with Crippen molar-refractivity contribution in [3.63, 3.8) is 0 Å². The number of carbonyl (C=O) groups is 1. The normalized spacial score (nSPS) is 30.3. The molecule has 3 aliphatic rings. The van der Waals surface area contributed by atoms with E-state index in [4.69, 9.17) is 16.3 Å². The van der Waals surface area contributed by atoms with Gasteiger partial charge in [-0.2, -0.15) is 0 Å². The number of carbonyl (C=O) groups excluding carboxylic acids is 1. The quantitative estimate of drug-likeness (QED) is 0.615. The summed E-state index contributed by atoms with van der Waals surface area (Å²) in [5, 5.41) is 15.8. The molecule has 0 bridgehead atoms. The maximum absolute atomic E-state index is 13.4. The topological polar surface area (TPSA) is 84.7 Å². The van der Waals surface area contributed by atoms with Gasteiger partial charge in [-0.25, -0.2) is 0 Å². The van der Waals surface area contributed by atoms with Gasteiger partial charge in [0.25, 0.3) is 11.9 Å². The molecule has 3 aliphatic heterocycles. The highest BCUT2D eigenvalue weighted by Gasteiger charge is 2.73. The zero-order valence-electron chi connectivity index (χ0n) is 15.8. The van der Waals surface area contributed by atoms with Gasteiger partial charge in [0.05, 0.1) is 18.1 Å². The van der Waals surface area contributed by atoms with Crippen LogP contribution < -0.4 is 10.1 Å². The van der Waals surface area contributed by atoms with E-state index in [-0.39, 0.29) is 16.9 Å². The van der Waals surface area contributed by atoms with Crippen LogP contribution in [0.4, 0.5) is 5.69 Å². The van der Waals surface area contributed by atoms with Gasteiger partial charge < -0.3 is 10.1 Å². The summed E-state index contributed by atoms with van der Waals surface area (Å²) in [4.78, 5) is 27.6. The van der Waals surface area contributed by atoms with E-state index in [0.29, 0.717) is 28.6 Å². The van der Waals surface area contributed by atoms with Gasteiger partial charge in [-0.15, -0.1) is 0 Å². The number of nitrogens with zero attached hydrogens (tertiary/aromatic N) is 2. The molecule has 0 unspecified atom stereocenters. The van der Waals surface area contributed by atoms with Crippen molar-refractivity contribution in [2.75, 3.05) is 19.0 Å². The molecule has 1 N–H and O–H groups in total. The summed E-state index contributed by atoms with van der Waals surface area (Å²) in [6.45, 7) is 0.650. The van der Waals surface area contributed by atoms with Gasteiger partial charge in [0.15, 0.2) is 5.54 Å². The molecule has 2 aromatic rings. The highest BCUT2D eigenvalue weighted by molar-refractivity contribution is 6.32. The van der Waals surface area contributed by atoms with Crippen molar-refractivity contribution >= 4 is 23.2 Å².